The van der Waals surface area contributed by atoms with Crippen LogP contribution in [0.3, 0.4) is 0 Å². The first-order valence-corrected chi connectivity index (χ1v) is 5.90. The lowest BCUT2D eigenvalue weighted by atomic mass is 10.1. The summed E-state index contributed by atoms with van der Waals surface area (Å²) in [5, 5.41) is 14.0. The molecular formula is C14H11N3O3. The number of hydrogen-bond donors (Lipinski definition) is 1. The smallest absolute Gasteiger partial charge is 0.335 e. The number of carboxylic acid groups (broad SMARTS) is 1. The van der Waals surface area contributed by atoms with E-state index in [1.807, 2.05) is 0 Å². The molecular weight excluding hydrogens is 258 g/mol. The highest BCUT2D eigenvalue weighted by Crippen LogP contribution is 2.21. The molecule has 6 heteroatoms. The van der Waals surface area contributed by atoms with Crippen LogP contribution in [0.5, 0.6) is 5.88 Å². The van der Waals surface area contributed by atoms with Crippen LogP contribution in [0.2, 0.25) is 0 Å². The van der Waals surface area contributed by atoms with Gasteiger partial charge in [0, 0.05) is 17.6 Å². The Morgan fingerprint density at radius 1 is 1.30 bits per heavy atom. The van der Waals surface area contributed by atoms with Gasteiger partial charge in [0.2, 0.25) is 5.88 Å². The van der Waals surface area contributed by atoms with E-state index in [1.165, 1.54) is 0 Å². The Morgan fingerprint density at radius 3 is 2.90 bits per heavy atom. The van der Waals surface area contributed by atoms with Crippen LogP contribution >= 0.6 is 0 Å². The first kappa shape index (κ1) is 12.2. The normalized spacial score (nSPS) is 10.7. The van der Waals surface area contributed by atoms with Crippen LogP contribution in [0.25, 0.3) is 16.6 Å². The van der Waals surface area contributed by atoms with Gasteiger partial charge in [-0.3, -0.25) is 0 Å². The third kappa shape index (κ3) is 1.97. The van der Waals surface area contributed by atoms with Crippen LogP contribution < -0.4 is 4.74 Å². The molecule has 3 rings (SSSR count). The highest BCUT2D eigenvalue weighted by Gasteiger charge is 2.09. The van der Waals surface area contributed by atoms with Crippen molar-refractivity contribution in [3.63, 3.8) is 0 Å². The van der Waals surface area contributed by atoms with Crippen LogP contribution in [0, 0.1) is 0 Å². The highest BCUT2D eigenvalue weighted by atomic mass is 16.5. The summed E-state index contributed by atoms with van der Waals surface area (Å²) >= 11 is 0. The summed E-state index contributed by atoms with van der Waals surface area (Å²) in [5.41, 5.74) is 1.86. The number of ether oxygens (including phenoxy) is 1. The predicted octanol–water partition coefficient (Wildman–Crippen LogP) is 2.13. The molecule has 0 saturated heterocycles. The zero-order chi connectivity index (χ0) is 14.1. The van der Waals surface area contributed by atoms with Crippen molar-refractivity contribution in [2.45, 2.75) is 0 Å². The van der Waals surface area contributed by atoms with Gasteiger partial charge in [-0.25, -0.2) is 14.5 Å². The van der Waals surface area contributed by atoms with Gasteiger partial charge < -0.3 is 9.84 Å². The molecule has 0 radical (unpaired) electrons. The second-order valence-corrected chi connectivity index (χ2v) is 4.19. The summed E-state index contributed by atoms with van der Waals surface area (Å²) in [6, 6.07) is 8.46. The van der Waals surface area contributed by atoms with E-state index in [0.717, 1.165) is 16.6 Å². The first-order valence-electron chi connectivity index (χ1n) is 5.90. The molecule has 0 fully saturated rings. The molecule has 1 N–H and O–H groups in total. The van der Waals surface area contributed by atoms with Gasteiger partial charge >= 0.3 is 5.97 Å². The van der Waals surface area contributed by atoms with Crippen molar-refractivity contribution in [2.24, 2.45) is 0 Å². The van der Waals surface area contributed by atoms with Gasteiger partial charge in [-0.15, -0.1) is 0 Å². The number of fused-ring (bicyclic) bond motifs is 1. The lowest BCUT2D eigenvalue weighted by Gasteiger charge is -2.05. The van der Waals surface area contributed by atoms with Crippen molar-refractivity contribution >= 4 is 16.9 Å². The minimum atomic E-state index is -0.953. The standard InChI is InChI=1S/C14H11N3O3/c1-20-13-7-11(4-5-15-13)17-12-3-2-9(14(18)19)6-10(12)8-16-17/h2-8H,1H3,(H,18,19). The minimum Gasteiger partial charge on any atom is -0.481 e. The Labute approximate surface area is 114 Å². The molecule has 0 unspecified atom stereocenters. The third-order valence-corrected chi connectivity index (χ3v) is 2.99. The van der Waals surface area contributed by atoms with Crippen molar-refractivity contribution < 1.29 is 14.6 Å². The number of rotatable bonds is 3. The monoisotopic (exact) mass is 269 g/mol. The summed E-state index contributed by atoms with van der Waals surface area (Å²) in [6.45, 7) is 0. The molecule has 0 aliphatic carbocycles. The molecule has 2 aromatic heterocycles. The van der Waals surface area contributed by atoms with Crippen LogP contribution in [0.15, 0.2) is 42.7 Å². The quantitative estimate of drug-likeness (QED) is 0.788. The van der Waals surface area contributed by atoms with Crippen LogP contribution in [0.4, 0.5) is 0 Å². The maximum atomic E-state index is 11.0. The van der Waals surface area contributed by atoms with Crippen LogP contribution in [-0.2, 0) is 0 Å². The van der Waals surface area contributed by atoms with Crippen LogP contribution in [0.1, 0.15) is 10.4 Å². The number of methoxy groups -OCH3 is 1. The molecule has 1 aromatic carbocycles. The Morgan fingerprint density at radius 2 is 2.15 bits per heavy atom. The number of carboxylic acids is 1. The molecule has 3 aromatic rings. The van der Waals surface area contributed by atoms with Gasteiger partial charge in [0.25, 0.3) is 0 Å². The maximum Gasteiger partial charge on any atom is 0.335 e. The van der Waals surface area contributed by atoms with Gasteiger partial charge in [-0.1, -0.05) is 0 Å². The Balaban J connectivity index is 2.14. The molecule has 0 amide bonds. The van der Waals surface area contributed by atoms with Gasteiger partial charge in [0.05, 0.1) is 30.1 Å². The summed E-state index contributed by atoms with van der Waals surface area (Å²) in [5.74, 6) is -0.460. The second kappa shape index (κ2) is 4.65. The van der Waals surface area contributed by atoms with Crippen molar-refractivity contribution in [1.29, 1.82) is 0 Å². The van der Waals surface area contributed by atoms with Crippen molar-refractivity contribution in [2.75, 3.05) is 7.11 Å². The zero-order valence-electron chi connectivity index (χ0n) is 10.6. The van der Waals surface area contributed by atoms with E-state index in [2.05, 4.69) is 10.1 Å². The SMILES string of the molecule is COc1cc(-n2ncc3cc(C(=O)O)ccc32)ccn1. The summed E-state index contributed by atoms with van der Waals surface area (Å²) < 4.78 is 6.80. The number of hydrogen-bond acceptors (Lipinski definition) is 4. The zero-order valence-corrected chi connectivity index (χ0v) is 10.6. The van der Waals surface area contributed by atoms with Gasteiger partial charge in [0.15, 0.2) is 0 Å². The third-order valence-electron chi connectivity index (χ3n) is 2.99. The van der Waals surface area contributed by atoms with Gasteiger partial charge in [-0.2, -0.15) is 5.10 Å². The average molecular weight is 269 g/mol. The molecule has 0 saturated carbocycles. The van der Waals surface area contributed by atoms with E-state index in [0.29, 0.717) is 5.88 Å². The molecule has 0 atom stereocenters. The maximum absolute atomic E-state index is 11.0. The molecule has 100 valence electrons. The molecule has 0 aliphatic heterocycles. The van der Waals surface area contributed by atoms with E-state index in [9.17, 15) is 4.79 Å². The van der Waals surface area contributed by atoms with Gasteiger partial charge in [0.1, 0.15) is 0 Å². The fourth-order valence-electron chi connectivity index (χ4n) is 2.01. The van der Waals surface area contributed by atoms with E-state index >= 15 is 0 Å². The fourth-order valence-corrected chi connectivity index (χ4v) is 2.01. The molecule has 2 heterocycles. The Hall–Kier alpha value is -2.89. The number of carbonyl (C=O) groups is 1. The average Bonchev–Trinajstić information content (AvgIpc) is 2.90. The highest BCUT2D eigenvalue weighted by molar-refractivity contribution is 5.93. The van der Waals surface area contributed by atoms with Gasteiger partial charge in [-0.05, 0) is 24.3 Å². The fraction of sp³-hybridized carbons (Fsp3) is 0.0714. The summed E-state index contributed by atoms with van der Waals surface area (Å²) in [7, 11) is 1.55. The van der Waals surface area contributed by atoms with E-state index in [1.54, 1.807) is 54.5 Å². The Kier molecular flexibility index (Phi) is 2.83. The predicted molar refractivity (Wildman–Crippen MR) is 72.4 cm³/mol. The second-order valence-electron chi connectivity index (χ2n) is 4.19. The number of nitrogens with zero attached hydrogens (tertiary/aromatic N) is 3. The van der Waals surface area contributed by atoms with E-state index in [4.69, 9.17) is 9.84 Å². The number of aromatic carboxylic acids is 1. The number of pyridine rings is 1. The Bertz CT molecular complexity index is 795. The van der Waals surface area contributed by atoms with Crippen molar-refractivity contribution in [1.82, 2.24) is 14.8 Å². The lowest BCUT2D eigenvalue weighted by Crippen LogP contribution is -1.99. The number of aromatic nitrogens is 3. The summed E-state index contributed by atoms with van der Waals surface area (Å²) in [4.78, 5) is 15.0. The minimum absolute atomic E-state index is 0.240. The molecule has 6 nitrogen and oxygen atoms in total. The van der Waals surface area contributed by atoms with E-state index in [-0.39, 0.29) is 5.56 Å². The first-order chi connectivity index (χ1) is 9.69. The topological polar surface area (TPSA) is 77.2 Å². The largest absolute Gasteiger partial charge is 0.481 e. The van der Waals surface area contributed by atoms with Crippen molar-refractivity contribution in [3.05, 3.63) is 48.3 Å². The van der Waals surface area contributed by atoms with Crippen LogP contribution in [-0.4, -0.2) is 33.0 Å². The summed E-state index contributed by atoms with van der Waals surface area (Å²) in [6.07, 6.45) is 3.27. The number of benzene rings is 1. The van der Waals surface area contributed by atoms with Crippen molar-refractivity contribution in [3.8, 4) is 11.6 Å². The molecule has 0 bridgehead atoms. The molecule has 0 spiro atoms. The lowest BCUT2D eigenvalue weighted by molar-refractivity contribution is 0.0697. The molecule has 20 heavy (non-hydrogen) atoms. The molecule has 0 aliphatic rings. The van der Waals surface area contributed by atoms with E-state index < -0.39 is 5.97 Å².